The molecule has 0 unspecified atom stereocenters. The van der Waals surface area contributed by atoms with Crippen molar-refractivity contribution in [3.05, 3.63) is 34.8 Å². The first-order valence-corrected chi connectivity index (χ1v) is 9.06. The van der Waals surface area contributed by atoms with Crippen LogP contribution in [0.4, 0.5) is 0 Å². The van der Waals surface area contributed by atoms with Crippen molar-refractivity contribution in [2.45, 2.75) is 39.0 Å². The van der Waals surface area contributed by atoms with E-state index in [-0.39, 0.29) is 17.9 Å². The van der Waals surface area contributed by atoms with Gasteiger partial charge in [0.05, 0.1) is 23.2 Å². The lowest BCUT2D eigenvalue weighted by Crippen LogP contribution is -2.31. The van der Waals surface area contributed by atoms with E-state index in [1.165, 1.54) is 5.69 Å². The molecule has 0 spiro atoms. The molecular formula is C18H25N5O3. The number of ether oxygens (including phenoxy) is 1. The third kappa shape index (κ3) is 3.26. The maximum Gasteiger partial charge on any atom is 0.309 e. The van der Waals surface area contributed by atoms with Crippen LogP contribution in [0.2, 0.25) is 0 Å². The van der Waals surface area contributed by atoms with Gasteiger partial charge in [-0.15, -0.1) is 0 Å². The molecule has 2 aliphatic rings. The third-order valence-electron chi connectivity index (χ3n) is 5.24. The quantitative estimate of drug-likeness (QED) is 0.815. The topological polar surface area (TPSA) is 76.6 Å². The largest absolute Gasteiger partial charge is 0.437 e. The Morgan fingerprint density at radius 1 is 1.42 bits per heavy atom. The monoisotopic (exact) mass is 359 g/mol. The Bertz CT molecular complexity index is 812. The van der Waals surface area contributed by atoms with Crippen LogP contribution in [0, 0.1) is 6.92 Å². The highest BCUT2D eigenvalue weighted by Gasteiger charge is 2.31. The van der Waals surface area contributed by atoms with Gasteiger partial charge < -0.3 is 14.1 Å². The number of fused-ring (bicyclic) bond motifs is 1. The number of hydrogen-bond acceptors (Lipinski definition) is 6. The van der Waals surface area contributed by atoms with Crippen molar-refractivity contribution in [1.29, 1.82) is 0 Å². The average molecular weight is 359 g/mol. The summed E-state index contributed by atoms with van der Waals surface area (Å²) in [5.74, 6) is 0.922. The highest BCUT2D eigenvalue weighted by molar-refractivity contribution is 5.90. The van der Waals surface area contributed by atoms with Gasteiger partial charge in [-0.1, -0.05) is 0 Å². The van der Waals surface area contributed by atoms with Gasteiger partial charge >= 0.3 is 5.91 Å². The van der Waals surface area contributed by atoms with Crippen molar-refractivity contribution in [2.24, 2.45) is 7.05 Å². The van der Waals surface area contributed by atoms with Gasteiger partial charge in [-0.3, -0.25) is 14.4 Å². The number of nitrogens with zero attached hydrogens (tertiary/aromatic N) is 5. The molecule has 2 aromatic rings. The van der Waals surface area contributed by atoms with Crippen LogP contribution in [0.5, 0.6) is 0 Å². The van der Waals surface area contributed by atoms with Crippen LogP contribution in [-0.2, 0) is 31.3 Å². The molecule has 1 atom stereocenters. The summed E-state index contributed by atoms with van der Waals surface area (Å²) in [6, 6.07) is 2.10. The fourth-order valence-electron chi connectivity index (χ4n) is 3.76. The number of aromatic nitrogens is 3. The van der Waals surface area contributed by atoms with Crippen LogP contribution in [0.15, 0.2) is 10.5 Å². The Morgan fingerprint density at radius 3 is 2.96 bits per heavy atom. The van der Waals surface area contributed by atoms with Crippen molar-refractivity contribution in [2.75, 3.05) is 26.7 Å². The average Bonchev–Trinajstić information content (AvgIpc) is 3.33. The van der Waals surface area contributed by atoms with Crippen molar-refractivity contribution >= 4 is 5.91 Å². The van der Waals surface area contributed by atoms with Gasteiger partial charge in [0.1, 0.15) is 5.76 Å². The minimum absolute atomic E-state index is 0.112. The van der Waals surface area contributed by atoms with E-state index in [1.54, 1.807) is 12.0 Å². The first-order valence-electron chi connectivity index (χ1n) is 9.06. The maximum atomic E-state index is 12.6. The van der Waals surface area contributed by atoms with E-state index in [2.05, 4.69) is 21.0 Å². The van der Waals surface area contributed by atoms with E-state index in [9.17, 15) is 4.79 Å². The van der Waals surface area contributed by atoms with Gasteiger partial charge in [-0.05, 0) is 19.4 Å². The van der Waals surface area contributed by atoms with Crippen LogP contribution in [0.3, 0.4) is 0 Å². The summed E-state index contributed by atoms with van der Waals surface area (Å²) < 4.78 is 13.0. The summed E-state index contributed by atoms with van der Waals surface area (Å²) in [4.78, 5) is 21.2. The van der Waals surface area contributed by atoms with E-state index < -0.39 is 0 Å². The molecule has 0 saturated carbocycles. The molecule has 0 radical (unpaired) electrons. The van der Waals surface area contributed by atoms with Gasteiger partial charge in [-0.2, -0.15) is 5.10 Å². The normalized spacial score (nSPS) is 20.6. The van der Waals surface area contributed by atoms with Crippen molar-refractivity contribution in [3.63, 3.8) is 0 Å². The molecule has 2 aromatic heterocycles. The molecule has 0 aromatic carbocycles. The summed E-state index contributed by atoms with van der Waals surface area (Å²) >= 11 is 0. The SMILES string of the molecule is CO[C@H]1CCN(C(=O)c2nc3c(o2)CCN(Cc2cc(C)nn2C)C3)C1. The highest BCUT2D eigenvalue weighted by Crippen LogP contribution is 2.23. The molecule has 0 bridgehead atoms. The second-order valence-electron chi connectivity index (χ2n) is 7.15. The third-order valence-corrected chi connectivity index (χ3v) is 5.24. The van der Waals surface area contributed by atoms with Gasteiger partial charge in [0.2, 0.25) is 0 Å². The Hall–Kier alpha value is -2.19. The molecule has 1 saturated heterocycles. The molecule has 4 rings (SSSR count). The van der Waals surface area contributed by atoms with Crippen LogP contribution in [-0.4, -0.2) is 63.3 Å². The molecule has 140 valence electrons. The summed E-state index contributed by atoms with van der Waals surface area (Å²) in [6.45, 7) is 5.69. The summed E-state index contributed by atoms with van der Waals surface area (Å²) in [7, 11) is 3.65. The van der Waals surface area contributed by atoms with E-state index in [0.717, 1.165) is 43.1 Å². The van der Waals surface area contributed by atoms with Gasteiger partial charge in [0.15, 0.2) is 0 Å². The Balaban J connectivity index is 1.44. The second-order valence-corrected chi connectivity index (χ2v) is 7.15. The van der Waals surface area contributed by atoms with Crippen LogP contribution < -0.4 is 0 Å². The molecular weight excluding hydrogens is 334 g/mol. The molecule has 0 N–H and O–H groups in total. The van der Waals surface area contributed by atoms with Crippen molar-refractivity contribution < 1.29 is 13.9 Å². The number of amides is 1. The zero-order chi connectivity index (χ0) is 18.3. The summed E-state index contributed by atoms with van der Waals surface area (Å²) in [5.41, 5.74) is 3.07. The Kier molecular flexibility index (Phi) is 4.54. The highest BCUT2D eigenvalue weighted by atomic mass is 16.5. The Labute approximate surface area is 152 Å². The molecule has 0 aliphatic carbocycles. The first-order chi connectivity index (χ1) is 12.5. The van der Waals surface area contributed by atoms with Gasteiger partial charge in [0.25, 0.3) is 5.89 Å². The fourth-order valence-corrected chi connectivity index (χ4v) is 3.76. The molecule has 1 fully saturated rings. The lowest BCUT2D eigenvalue weighted by molar-refractivity contribution is 0.0687. The number of likely N-dealkylation sites (tertiary alicyclic amines) is 1. The minimum atomic E-state index is -0.132. The molecule has 4 heterocycles. The van der Waals surface area contributed by atoms with Crippen molar-refractivity contribution in [1.82, 2.24) is 24.6 Å². The fraction of sp³-hybridized carbons (Fsp3) is 0.611. The molecule has 8 nitrogen and oxygen atoms in total. The summed E-state index contributed by atoms with van der Waals surface area (Å²) in [5, 5.41) is 4.40. The molecule has 26 heavy (non-hydrogen) atoms. The second kappa shape index (κ2) is 6.85. The molecule has 1 amide bonds. The van der Waals surface area contributed by atoms with Crippen molar-refractivity contribution in [3.8, 4) is 0 Å². The van der Waals surface area contributed by atoms with Gasteiger partial charge in [0, 0.05) is 53.3 Å². The number of aryl methyl sites for hydroxylation is 2. The standard InChI is InChI=1S/C18H25N5O3/c1-12-8-13(21(2)20-12)9-22-6-5-16-15(11-22)19-17(26-16)18(24)23-7-4-14(10-23)25-3/h8,14H,4-7,9-11H2,1-3H3/t14-/m0/s1. The van der Waals surface area contributed by atoms with Crippen LogP contribution >= 0.6 is 0 Å². The molecule has 8 heteroatoms. The molecule has 2 aliphatic heterocycles. The predicted molar refractivity (Wildman–Crippen MR) is 93.6 cm³/mol. The number of oxazole rings is 1. The Morgan fingerprint density at radius 2 is 2.27 bits per heavy atom. The zero-order valence-electron chi connectivity index (χ0n) is 15.6. The number of carbonyl (C=O) groups excluding carboxylic acids is 1. The summed E-state index contributed by atoms with van der Waals surface area (Å²) in [6.07, 6.45) is 1.75. The van der Waals surface area contributed by atoms with E-state index in [4.69, 9.17) is 9.15 Å². The predicted octanol–water partition coefficient (Wildman–Crippen LogP) is 1.14. The zero-order valence-corrected chi connectivity index (χ0v) is 15.6. The van der Waals surface area contributed by atoms with E-state index in [0.29, 0.717) is 19.6 Å². The van der Waals surface area contributed by atoms with Crippen LogP contribution in [0.1, 0.15) is 39.9 Å². The number of hydrogen-bond donors (Lipinski definition) is 0. The van der Waals surface area contributed by atoms with E-state index in [1.807, 2.05) is 18.7 Å². The number of rotatable bonds is 4. The van der Waals surface area contributed by atoms with Gasteiger partial charge in [-0.25, -0.2) is 4.98 Å². The van der Waals surface area contributed by atoms with Crippen LogP contribution in [0.25, 0.3) is 0 Å². The number of methoxy groups -OCH3 is 1. The lowest BCUT2D eigenvalue weighted by atomic mass is 10.1. The first kappa shape index (κ1) is 17.2. The smallest absolute Gasteiger partial charge is 0.309 e. The maximum absolute atomic E-state index is 12.6. The number of carbonyl (C=O) groups is 1. The van der Waals surface area contributed by atoms with E-state index >= 15 is 0 Å². The minimum Gasteiger partial charge on any atom is -0.437 e. The lowest BCUT2D eigenvalue weighted by Gasteiger charge is -2.24.